The first-order valence-electron chi connectivity index (χ1n) is 6.27. The minimum absolute atomic E-state index is 0.0726. The molecule has 0 spiro atoms. The van der Waals surface area contributed by atoms with Crippen LogP contribution in [0.2, 0.25) is 0 Å². The molecular formula is C15H21NO2S. The Morgan fingerprint density at radius 2 is 2.16 bits per heavy atom. The smallest absolute Gasteiger partial charge is 0.223 e. The quantitative estimate of drug-likeness (QED) is 0.719. The topological polar surface area (TPSA) is 49.3 Å². The molecule has 3 nitrogen and oxygen atoms in total. The molecule has 0 fully saturated rings. The van der Waals surface area contributed by atoms with Crippen molar-refractivity contribution < 1.29 is 9.90 Å². The van der Waals surface area contributed by atoms with Gasteiger partial charge in [0.2, 0.25) is 5.91 Å². The number of aliphatic hydroxyl groups is 1. The van der Waals surface area contributed by atoms with E-state index in [0.717, 1.165) is 4.88 Å². The van der Waals surface area contributed by atoms with Crippen LogP contribution in [0.4, 0.5) is 0 Å². The third-order valence-corrected chi connectivity index (χ3v) is 4.05. The highest BCUT2D eigenvalue weighted by molar-refractivity contribution is 7.10. The summed E-state index contributed by atoms with van der Waals surface area (Å²) in [5.41, 5.74) is -1.03. The van der Waals surface area contributed by atoms with E-state index in [2.05, 4.69) is 18.5 Å². The van der Waals surface area contributed by atoms with Crippen LogP contribution in [0.5, 0.6) is 0 Å². The van der Waals surface area contributed by atoms with Gasteiger partial charge in [0.1, 0.15) is 5.60 Å². The van der Waals surface area contributed by atoms with Crippen LogP contribution >= 0.6 is 11.3 Å². The molecule has 0 aromatic carbocycles. The molecule has 0 saturated heterocycles. The lowest BCUT2D eigenvalue weighted by Gasteiger charge is -2.23. The molecule has 1 amide bonds. The van der Waals surface area contributed by atoms with Gasteiger partial charge in [0.25, 0.3) is 0 Å². The second-order valence-electron chi connectivity index (χ2n) is 4.71. The molecule has 2 N–H and O–H groups in total. The zero-order valence-electron chi connectivity index (χ0n) is 11.3. The van der Waals surface area contributed by atoms with Gasteiger partial charge in [0.15, 0.2) is 0 Å². The summed E-state index contributed by atoms with van der Waals surface area (Å²) in [4.78, 5) is 12.9. The van der Waals surface area contributed by atoms with Crippen molar-refractivity contribution in [2.45, 2.75) is 25.4 Å². The fraction of sp³-hybridized carbons (Fsp3) is 0.400. The van der Waals surface area contributed by atoms with Crippen molar-refractivity contribution in [3.05, 3.63) is 47.7 Å². The zero-order valence-corrected chi connectivity index (χ0v) is 12.1. The van der Waals surface area contributed by atoms with Gasteiger partial charge < -0.3 is 10.4 Å². The second kappa shape index (κ2) is 7.26. The van der Waals surface area contributed by atoms with Gasteiger partial charge in [-0.3, -0.25) is 4.79 Å². The average Bonchev–Trinajstić information content (AvgIpc) is 2.90. The minimum Gasteiger partial charge on any atom is -0.383 e. The number of thiophene rings is 1. The van der Waals surface area contributed by atoms with Crippen molar-refractivity contribution in [3.8, 4) is 0 Å². The zero-order chi connectivity index (χ0) is 14.3. The molecule has 0 radical (unpaired) electrons. The van der Waals surface area contributed by atoms with Crippen LogP contribution in [0.1, 0.15) is 24.6 Å². The number of amides is 1. The molecular weight excluding hydrogens is 258 g/mol. The van der Waals surface area contributed by atoms with Crippen LogP contribution in [0.15, 0.2) is 42.8 Å². The van der Waals surface area contributed by atoms with Gasteiger partial charge in [-0.1, -0.05) is 18.2 Å². The van der Waals surface area contributed by atoms with Crippen LogP contribution < -0.4 is 5.32 Å². The lowest BCUT2D eigenvalue weighted by molar-refractivity contribution is -0.126. The number of carbonyl (C=O) groups is 1. The molecule has 4 heteroatoms. The van der Waals surface area contributed by atoms with Crippen molar-refractivity contribution in [2.75, 3.05) is 6.54 Å². The highest BCUT2D eigenvalue weighted by atomic mass is 32.1. The first-order chi connectivity index (χ1) is 9.01. The minimum atomic E-state index is -1.03. The lowest BCUT2D eigenvalue weighted by Crippen LogP contribution is -2.40. The molecule has 1 aromatic rings. The monoisotopic (exact) mass is 279 g/mol. The summed E-state index contributed by atoms with van der Waals surface area (Å²) in [5.74, 6) is -0.231. The predicted molar refractivity (Wildman–Crippen MR) is 80.0 cm³/mol. The highest BCUT2D eigenvalue weighted by Crippen LogP contribution is 2.24. The summed E-state index contributed by atoms with van der Waals surface area (Å²) in [6.45, 7) is 9.21. The largest absolute Gasteiger partial charge is 0.383 e. The van der Waals surface area contributed by atoms with Crippen molar-refractivity contribution >= 4 is 17.2 Å². The Hall–Kier alpha value is -1.39. The van der Waals surface area contributed by atoms with Crippen LogP contribution in [0.3, 0.4) is 0 Å². The molecule has 104 valence electrons. The van der Waals surface area contributed by atoms with E-state index in [1.54, 1.807) is 19.1 Å². The maximum atomic E-state index is 12.0. The van der Waals surface area contributed by atoms with Gasteiger partial charge in [-0.15, -0.1) is 24.5 Å². The molecule has 0 aliphatic heterocycles. The summed E-state index contributed by atoms with van der Waals surface area (Å²) in [6, 6.07) is 3.75. The van der Waals surface area contributed by atoms with Gasteiger partial charge >= 0.3 is 0 Å². The van der Waals surface area contributed by atoms with E-state index < -0.39 is 5.60 Å². The molecule has 19 heavy (non-hydrogen) atoms. The van der Waals surface area contributed by atoms with Crippen LogP contribution in [0.25, 0.3) is 0 Å². The fourth-order valence-corrected chi connectivity index (χ4v) is 2.58. The third-order valence-electron chi connectivity index (χ3n) is 2.93. The molecule has 1 unspecified atom stereocenters. The maximum absolute atomic E-state index is 12.0. The SMILES string of the molecule is C=CCC(CC=C)C(=O)NCC(C)(O)c1cccs1. The Morgan fingerprint density at radius 3 is 2.63 bits per heavy atom. The van der Waals surface area contributed by atoms with E-state index in [-0.39, 0.29) is 18.4 Å². The Kier molecular flexibility index (Phi) is 5.99. The van der Waals surface area contributed by atoms with Crippen molar-refractivity contribution in [3.63, 3.8) is 0 Å². The summed E-state index contributed by atoms with van der Waals surface area (Å²) in [6.07, 6.45) is 4.67. The summed E-state index contributed by atoms with van der Waals surface area (Å²) < 4.78 is 0. The number of hydrogen-bond acceptors (Lipinski definition) is 3. The van der Waals surface area contributed by atoms with E-state index in [9.17, 15) is 9.90 Å². The average molecular weight is 279 g/mol. The van der Waals surface area contributed by atoms with E-state index in [1.807, 2.05) is 17.5 Å². The van der Waals surface area contributed by atoms with E-state index >= 15 is 0 Å². The fourth-order valence-electron chi connectivity index (χ4n) is 1.79. The highest BCUT2D eigenvalue weighted by Gasteiger charge is 2.26. The van der Waals surface area contributed by atoms with E-state index in [4.69, 9.17) is 0 Å². The van der Waals surface area contributed by atoms with Crippen molar-refractivity contribution in [1.82, 2.24) is 5.32 Å². The Bertz CT molecular complexity index is 413. The summed E-state index contributed by atoms with van der Waals surface area (Å²) >= 11 is 1.48. The maximum Gasteiger partial charge on any atom is 0.223 e. The number of hydrogen-bond donors (Lipinski definition) is 2. The third kappa shape index (κ3) is 4.65. The van der Waals surface area contributed by atoms with Crippen molar-refractivity contribution in [1.29, 1.82) is 0 Å². The number of rotatable bonds is 8. The lowest BCUT2D eigenvalue weighted by atomic mass is 9.99. The van der Waals surface area contributed by atoms with Gasteiger partial charge in [-0.25, -0.2) is 0 Å². The summed E-state index contributed by atoms with van der Waals surface area (Å²) in [5, 5.41) is 15.0. The Morgan fingerprint density at radius 1 is 1.53 bits per heavy atom. The molecule has 0 aliphatic carbocycles. The van der Waals surface area contributed by atoms with E-state index in [1.165, 1.54) is 11.3 Å². The second-order valence-corrected chi connectivity index (χ2v) is 5.66. The van der Waals surface area contributed by atoms with Crippen LogP contribution in [-0.2, 0) is 10.4 Å². The Balaban J connectivity index is 2.57. The molecule has 1 heterocycles. The molecule has 0 bridgehead atoms. The number of allylic oxidation sites excluding steroid dienone is 2. The Labute approximate surface area is 118 Å². The molecule has 1 rings (SSSR count). The van der Waals surface area contributed by atoms with Crippen molar-refractivity contribution in [2.24, 2.45) is 5.92 Å². The van der Waals surface area contributed by atoms with Gasteiger partial charge in [-0.05, 0) is 31.2 Å². The number of nitrogens with one attached hydrogen (secondary N) is 1. The molecule has 0 aliphatic rings. The summed E-state index contributed by atoms with van der Waals surface area (Å²) in [7, 11) is 0. The first kappa shape index (κ1) is 15.7. The number of carbonyl (C=O) groups excluding carboxylic acids is 1. The molecule has 1 aromatic heterocycles. The normalized spacial score (nSPS) is 13.8. The molecule has 1 atom stereocenters. The van der Waals surface area contributed by atoms with Gasteiger partial charge in [0.05, 0.1) is 6.54 Å². The van der Waals surface area contributed by atoms with Gasteiger partial charge in [-0.2, -0.15) is 0 Å². The van der Waals surface area contributed by atoms with Gasteiger partial charge in [0, 0.05) is 10.8 Å². The van der Waals surface area contributed by atoms with E-state index in [0.29, 0.717) is 12.8 Å². The standard InChI is InChI=1S/C15H21NO2S/c1-4-7-12(8-5-2)14(17)16-11-15(3,18)13-9-6-10-19-13/h4-6,9-10,12,18H,1-2,7-8,11H2,3H3,(H,16,17). The first-order valence-corrected chi connectivity index (χ1v) is 7.15. The molecule has 0 saturated carbocycles. The van der Waals surface area contributed by atoms with Crippen LogP contribution in [-0.4, -0.2) is 17.6 Å². The van der Waals surface area contributed by atoms with Crippen LogP contribution in [0, 0.1) is 5.92 Å². The predicted octanol–water partition coefficient (Wildman–Crippen LogP) is 2.84.